The predicted molar refractivity (Wildman–Crippen MR) is 56.9 cm³/mol. The summed E-state index contributed by atoms with van der Waals surface area (Å²) in [6.07, 6.45) is 7.95. The Kier molecular flexibility index (Phi) is 3.53. The molecule has 1 aliphatic rings. The minimum atomic E-state index is 0.866. The highest BCUT2D eigenvalue weighted by Crippen LogP contribution is 2.19. The van der Waals surface area contributed by atoms with Gasteiger partial charge < -0.3 is 5.43 Å². The molecule has 1 aliphatic heterocycles. The summed E-state index contributed by atoms with van der Waals surface area (Å²) in [7, 11) is 0. The van der Waals surface area contributed by atoms with Crippen LogP contribution in [0.4, 0.5) is 0 Å². The van der Waals surface area contributed by atoms with E-state index >= 15 is 0 Å². The Bertz CT molecular complexity index is 282. The first-order valence-corrected chi connectivity index (χ1v) is 4.43. The zero-order chi connectivity index (χ0) is 9.68. The summed E-state index contributed by atoms with van der Waals surface area (Å²) in [6.45, 7) is 8.73. The molecule has 0 bridgehead atoms. The van der Waals surface area contributed by atoms with Crippen molar-refractivity contribution in [2.24, 2.45) is 0 Å². The molecule has 0 unspecified atom stereocenters. The Labute approximate surface area is 79.7 Å². The van der Waals surface area contributed by atoms with Gasteiger partial charge in [0.25, 0.3) is 0 Å². The van der Waals surface area contributed by atoms with Gasteiger partial charge in [0, 0.05) is 12.7 Å². The lowest BCUT2D eigenvalue weighted by atomic mass is 9.99. The molecule has 2 N–H and O–H groups in total. The molecule has 0 aliphatic carbocycles. The van der Waals surface area contributed by atoms with Crippen LogP contribution in [0.5, 0.6) is 0 Å². The van der Waals surface area contributed by atoms with E-state index in [4.69, 9.17) is 0 Å². The van der Waals surface area contributed by atoms with Gasteiger partial charge in [0.05, 0.1) is 0 Å². The molecule has 0 aromatic heterocycles. The average Bonchev–Trinajstić information content (AvgIpc) is 2.65. The molecule has 0 aromatic rings. The molecule has 0 aromatic carbocycles. The minimum absolute atomic E-state index is 0.866. The summed E-state index contributed by atoms with van der Waals surface area (Å²) in [6, 6.07) is 0. The lowest BCUT2D eigenvalue weighted by Gasteiger charge is -2.06. The molecule has 2 nitrogen and oxygen atoms in total. The molecule has 0 radical (unpaired) electrons. The van der Waals surface area contributed by atoms with Crippen molar-refractivity contribution in [2.75, 3.05) is 6.54 Å². The van der Waals surface area contributed by atoms with Crippen LogP contribution in [0.2, 0.25) is 0 Å². The third-order valence-electron chi connectivity index (χ3n) is 2.12. The predicted octanol–water partition coefficient (Wildman–Crippen LogP) is 2.06. The van der Waals surface area contributed by atoms with Gasteiger partial charge in [-0.1, -0.05) is 24.8 Å². The van der Waals surface area contributed by atoms with Crippen molar-refractivity contribution < 1.29 is 0 Å². The van der Waals surface area contributed by atoms with E-state index in [1.165, 1.54) is 16.7 Å². The zero-order valence-electron chi connectivity index (χ0n) is 8.22. The normalized spacial score (nSPS) is 18.2. The largest absolute Gasteiger partial charge is 0.328 e. The van der Waals surface area contributed by atoms with Gasteiger partial charge in [-0.15, -0.1) is 0 Å². The quantitative estimate of drug-likeness (QED) is 0.643. The molecule has 70 valence electrons. The smallest absolute Gasteiger partial charge is 0.0419 e. The Balaban J connectivity index is 2.92. The summed E-state index contributed by atoms with van der Waals surface area (Å²) in [5.41, 5.74) is 9.81. The Morgan fingerprint density at radius 1 is 1.62 bits per heavy atom. The lowest BCUT2D eigenvalue weighted by Crippen LogP contribution is -2.20. The second kappa shape index (κ2) is 4.67. The van der Waals surface area contributed by atoms with Gasteiger partial charge in [0.15, 0.2) is 0 Å². The van der Waals surface area contributed by atoms with Crippen LogP contribution in [-0.2, 0) is 0 Å². The van der Waals surface area contributed by atoms with E-state index in [0.29, 0.717) is 0 Å². The molecule has 1 rings (SSSR count). The van der Waals surface area contributed by atoms with Gasteiger partial charge in [-0.25, -0.2) is 5.43 Å². The molecule has 1 heterocycles. The molecule has 0 saturated heterocycles. The number of rotatable bonds is 3. The summed E-state index contributed by atoms with van der Waals surface area (Å²) >= 11 is 0. The molecule has 13 heavy (non-hydrogen) atoms. The molecule has 0 amide bonds. The van der Waals surface area contributed by atoms with Crippen molar-refractivity contribution in [3.63, 3.8) is 0 Å². The number of hydrogen-bond acceptors (Lipinski definition) is 2. The SMILES string of the molecule is C=C/C=C(C1=CNNC1)\C(C)=C/C. The maximum Gasteiger partial charge on any atom is 0.0419 e. The molecule has 0 saturated carbocycles. The van der Waals surface area contributed by atoms with Gasteiger partial charge in [-0.2, -0.15) is 0 Å². The molecule has 0 spiro atoms. The first kappa shape index (κ1) is 9.81. The van der Waals surface area contributed by atoms with E-state index in [-0.39, 0.29) is 0 Å². The summed E-state index contributed by atoms with van der Waals surface area (Å²) < 4.78 is 0. The molecule has 0 atom stereocenters. The van der Waals surface area contributed by atoms with Crippen molar-refractivity contribution >= 4 is 0 Å². The van der Waals surface area contributed by atoms with Crippen LogP contribution < -0.4 is 10.9 Å². The van der Waals surface area contributed by atoms with Crippen LogP contribution in [-0.4, -0.2) is 6.54 Å². The summed E-state index contributed by atoms with van der Waals surface area (Å²) in [5.74, 6) is 0. The maximum atomic E-state index is 3.72. The van der Waals surface area contributed by atoms with Crippen LogP contribution in [0, 0.1) is 0 Å². The molecular weight excluding hydrogens is 160 g/mol. The number of hydrazine groups is 1. The van der Waals surface area contributed by atoms with Crippen molar-refractivity contribution in [1.82, 2.24) is 10.9 Å². The zero-order valence-corrected chi connectivity index (χ0v) is 8.22. The lowest BCUT2D eigenvalue weighted by molar-refractivity contribution is 0.723. The van der Waals surface area contributed by atoms with Crippen molar-refractivity contribution in [1.29, 1.82) is 0 Å². The summed E-state index contributed by atoms with van der Waals surface area (Å²) in [4.78, 5) is 0. The fraction of sp³-hybridized carbons (Fsp3) is 0.273. The van der Waals surface area contributed by atoms with Crippen molar-refractivity contribution in [3.8, 4) is 0 Å². The molecule has 2 heteroatoms. The van der Waals surface area contributed by atoms with E-state index in [1.807, 2.05) is 25.3 Å². The van der Waals surface area contributed by atoms with Crippen molar-refractivity contribution in [2.45, 2.75) is 13.8 Å². The van der Waals surface area contributed by atoms with E-state index in [9.17, 15) is 0 Å². The van der Waals surface area contributed by atoms with E-state index in [2.05, 4.69) is 30.4 Å². The van der Waals surface area contributed by atoms with Crippen LogP contribution in [0.15, 0.2) is 47.7 Å². The fourth-order valence-electron chi connectivity index (χ4n) is 1.27. The third kappa shape index (κ3) is 2.33. The minimum Gasteiger partial charge on any atom is -0.328 e. The second-order valence-electron chi connectivity index (χ2n) is 2.96. The van der Waals surface area contributed by atoms with Gasteiger partial charge >= 0.3 is 0 Å². The van der Waals surface area contributed by atoms with Gasteiger partial charge in [-0.05, 0) is 30.6 Å². The highest BCUT2D eigenvalue weighted by molar-refractivity contribution is 5.48. The van der Waals surface area contributed by atoms with E-state index < -0.39 is 0 Å². The highest BCUT2D eigenvalue weighted by Gasteiger charge is 2.09. The van der Waals surface area contributed by atoms with Crippen LogP contribution in [0.1, 0.15) is 13.8 Å². The third-order valence-corrected chi connectivity index (χ3v) is 2.12. The van der Waals surface area contributed by atoms with E-state index in [1.54, 1.807) is 0 Å². The molecule has 0 fully saturated rings. The fourth-order valence-corrected chi connectivity index (χ4v) is 1.27. The highest BCUT2D eigenvalue weighted by atomic mass is 15.4. The Morgan fingerprint density at radius 3 is 2.85 bits per heavy atom. The van der Waals surface area contributed by atoms with Crippen LogP contribution in [0.25, 0.3) is 0 Å². The molecular formula is C11H16N2. The number of allylic oxidation sites excluding steroid dienone is 4. The van der Waals surface area contributed by atoms with E-state index in [0.717, 1.165) is 6.54 Å². The topological polar surface area (TPSA) is 24.1 Å². The standard InChI is InChI=1S/C11H16N2/c1-4-6-11(9(3)5-2)10-7-12-13-8-10/h4-7,12-13H,1,8H2,2-3H3/b9-5-,11-6+. The number of hydrogen-bond donors (Lipinski definition) is 2. The van der Waals surface area contributed by atoms with Crippen LogP contribution in [0.3, 0.4) is 0 Å². The van der Waals surface area contributed by atoms with Gasteiger partial charge in [-0.3, -0.25) is 0 Å². The Morgan fingerprint density at radius 2 is 2.38 bits per heavy atom. The second-order valence-corrected chi connectivity index (χ2v) is 2.96. The maximum absolute atomic E-state index is 3.72. The van der Waals surface area contributed by atoms with Gasteiger partial charge in [0.1, 0.15) is 0 Å². The van der Waals surface area contributed by atoms with Crippen LogP contribution >= 0.6 is 0 Å². The summed E-state index contributed by atoms with van der Waals surface area (Å²) in [5, 5.41) is 0. The average molecular weight is 176 g/mol. The first-order valence-electron chi connectivity index (χ1n) is 4.43. The monoisotopic (exact) mass is 176 g/mol. The van der Waals surface area contributed by atoms with Crippen molar-refractivity contribution in [3.05, 3.63) is 47.7 Å². The first-order chi connectivity index (χ1) is 6.29. The van der Waals surface area contributed by atoms with Gasteiger partial charge in [0.2, 0.25) is 0 Å². The number of nitrogens with one attached hydrogen (secondary N) is 2. The Hall–Kier alpha value is -1.28.